The molecule has 1 heterocycles. The monoisotopic (exact) mass is 399 g/mol. The summed E-state index contributed by atoms with van der Waals surface area (Å²) in [4.78, 5) is 15.0. The molecule has 0 N–H and O–H groups in total. The van der Waals surface area contributed by atoms with E-state index in [1.54, 1.807) is 0 Å². The molecule has 1 saturated carbocycles. The second-order valence-electron chi connectivity index (χ2n) is 7.88. The first kappa shape index (κ1) is 20.9. The highest BCUT2D eigenvalue weighted by Gasteiger charge is 2.43. The van der Waals surface area contributed by atoms with E-state index in [0.717, 1.165) is 25.9 Å². The molecule has 2 aromatic rings. The highest BCUT2D eigenvalue weighted by molar-refractivity contribution is 5.85. The van der Waals surface area contributed by atoms with Crippen LogP contribution in [-0.4, -0.2) is 30.6 Å². The van der Waals surface area contributed by atoms with Gasteiger partial charge >= 0.3 is 5.97 Å². The smallest absolute Gasteiger partial charge is 0.309 e. The minimum Gasteiger partial charge on any atom is -0.463 e. The van der Waals surface area contributed by atoms with Crippen molar-refractivity contribution in [2.75, 3.05) is 19.7 Å². The van der Waals surface area contributed by atoms with Crippen LogP contribution >= 0.6 is 12.4 Å². The molecule has 4 rings (SSSR count). The van der Waals surface area contributed by atoms with E-state index < -0.39 is 5.54 Å². The van der Waals surface area contributed by atoms with Crippen molar-refractivity contribution in [2.24, 2.45) is 5.92 Å². The van der Waals surface area contributed by atoms with Gasteiger partial charge in [-0.15, -0.1) is 12.4 Å². The van der Waals surface area contributed by atoms with E-state index in [-0.39, 0.29) is 24.3 Å². The fourth-order valence-electron chi connectivity index (χ4n) is 4.28. The zero-order chi connectivity index (χ0) is 18.5. The van der Waals surface area contributed by atoms with Crippen LogP contribution in [0, 0.1) is 5.92 Å². The standard InChI is InChI=1S/C24H29NO2.ClH/c26-23(20-15-16-20)27-19-24(21-11-5-3-6-12-21,22-13-7-4-8-14-22)25-17-9-1-2-10-18-25;/h3-8,11-14,20H,1-2,9-10,15-19H2;1H. The lowest BCUT2D eigenvalue weighted by atomic mass is 9.81. The molecular weight excluding hydrogens is 370 g/mol. The van der Waals surface area contributed by atoms with Gasteiger partial charge in [-0.3, -0.25) is 9.69 Å². The van der Waals surface area contributed by atoms with Crippen molar-refractivity contribution in [3.8, 4) is 0 Å². The number of carbonyl (C=O) groups excluding carboxylic acids is 1. The molecule has 2 aliphatic rings. The van der Waals surface area contributed by atoms with Gasteiger partial charge < -0.3 is 4.74 Å². The Hall–Kier alpha value is -1.84. The molecule has 1 aliphatic heterocycles. The molecule has 0 aromatic heterocycles. The summed E-state index contributed by atoms with van der Waals surface area (Å²) in [5.41, 5.74) is 2.00. The SMILES string of the molecule is Cl.O=C(OCC(c1ccccc1)(c1ccccc1)N1CCCCCC1)C1CC1. The van der Waals surface area contributed by atoms with Crippen LogP contribution < -0.4 is 0 Å². The number of ether oxygens (including phenoxy) is 1. The van der Waals surface area contributed by atoms with E-state index in [2.05, 4.69) is 65.6 Å². The molecule has 150 valence electrons. The molecule has 0 bridgehead atoms. The maximum absolute atomic E-state index is 12.4. The number of esters is 1. The van der Waals surface area contributed by atoms with Gasteiger partial charge in [-0.2, -0.15) is 0 Å². The van der Waals surface area contributed by atoms with Gasteiger partial charge in [-0.25, -0.2) is 0 Å². The first-order valence-corrected chi connectivity index (χ1v) is 10.3. The molecule has 2 aromatic carbocycles. The first-order valence-electron chi connectivity index (χ1n) is 10.3. The van der Waals surface area contributed by atoms with Gasteiger partial charge in [0, 0.05) is 0 Å². The van der Waals surface area contributed by atoms with Crippen molar-refractivity contribution in [2.45, 2.75) is 44.1 Å². The minimum atomic E-state index is -0.419. The molecule has 0 atom stereocenters. The summed E-state index contributed by atoms with van der Waals surface area (Å²) < 4.78 is 5.95. The Bertz CT molecular complexity index is 698. The lowest BCUT2D eigenvalue weighted by molar-refractivity contribution is -0.149. The zero-order valence-corrected chi connectivity index (χ0v) is 17.2. The Labute approximate surface area is 174 Å². The van der Waals surface area contributed by atoms with E-state index >= 15 is 0 Å². The Balaban J connectivity index is 0.00000225. The summed E-state index contributed by atoms with van der Waals surface area (Å²) in [5, 5.41) is 0. The molecule has 0 radical (unpaired) electrons. The maximum Gasteiger partial charge on any atom is 0.309 e. The van der Waals surface area contributed by atoms with Crippen LogP contribution in [0.3, 0.4) is 0 Å². The third-order valence-corrected chi connectivity index (χ3v) is 5.98. The van der Waals surface area contributed by atoms with Gasteiger partial charge in [0.15, 0.2) is 0 Å². The van der Waals surface area contributed by atoms with Crippen molar-refractivity contribution in [3.05, 3.63) is 71.8 Å². The van der Waals surface area contributed by atoms with Crippen molar-refractivity contribution in [1.29, 1.82) is 0 Å². The van der Waals surface area contributed by atoms with Crippen LogP contribution in [-0.2, 0) is 15.1 Å². The van der Waals surface area contributed by atoms with Crippen molar-refractivity contribution >= 4 is 18.4 Å². The summed E-state index contributed by atoms with van der Waals surface area (Å²) in [6.45, 7) is 2.45. The van der Waals surface area contributed by atoms with E-state index in [1.165, 1.54) is 36.8 Å². The average molecular weight is 400 g/mol. The molecule has 28 heavy (non-hydrogen) atoms. The van der Waals surface area contributed by atoms with Gasteiger partial charge in [0.2, 0.25) is 0 Å². The number of carbonyl (C=O) groups is 1. The van der Waals surface area contributed by atoms with Crippen molar-refractivity contribution in [1.82, 2.24) is 4.90 Å². The van der Waals surface area contributed by atoms with E-state index in [0.29, 0.717) is 6.61 Å². The summed E-state index contributed by atoms with van der Waals surface area (Å²) in [7, 11) is 0. The largest absolute Gasteiger partial charge is 0.463 e. The van der Waals surface area contributed by atoms with Gasteiger partial charge in [-0.05, 0) is 49.9 Å². The summed E-state index contributed by atoms with van der Waals surface area (Å²) >= 11 is 0. The summed E-state index contributed by atoms with van der Waals surface area (Å²) in [6, 6.07) is 21.2. The van der Waals surface area contributed by atoms with Gasteiger partial charge in [0.1, 0.15) is 12.1 Å². The third-order valence-electron chi connectivity index (χ3n) is 5.98. The Kier molecular flexibility index (Phi) is 7.14. The Morgan fingerprint density at radius 3 is 1.82 bits per heavy atom. The van der Waals surface area contributed by atoms with E-state index in [1.807, 2.05) is 0 Å². The number of benzene rings is 2. The number of hydrogen-bond acceptors (Lipinski definition) is 3. The Morgan fingerprint density at radius 1 is 0.857 bits per heavy atom. The average Bonchev–Trinajstić information content (AvgIpc) is 3.58. The van der Waals surface area contributed by atoms with Gasteiger partial charge in [-0.1, -0.05) is 73.5 Å². The minimum absolute atomic E-state index is 0. The van der Waals surface area contributed by atoms with E-state index in [4.69, 9.17) is 4.74 Å². The molecular formula is C24H30ClNO2. The molecule has 1 saturated heterocycles. The Morgan fingerprint density at radius 2 is 1.36 bits per heavy atom. The highest BCUT2D eigenvalue weighted by Crippen LogP contribution is 2.39. The van der Waals surface area contributed by atoms with Crippen LogP contribution in [0.15, 0.2) is 60.7 Å². The molecule has 4 heteroatoms. The number of likely N-dealkylation sites (tertiary alicyclic amines) is 1. The second-order valence-corrected chi connectivity index (χ2v) is 7.88. The fraction of sp³-hybridized carbons (Fsp3) is 0.458. The number of hydrogen-bond donors (Lipinski definition) is 0. The normalized spacial score (nSPS) is 18.0. The van der Waals surface area contributed by atoms with Crippen LogP contribution in [0.25, 0.3) is 0 Å². The number of nitrogens with zero attached hydrogens (tertiary/aromatic N) is 1. The van der Waals surface area contributed by atoms with Crippen LogP contribution in [0.1, 0.15) is 49.7 Å². The third kappa shape index (κ3) is 4.42. The number of rotatable bonds is 6. The second kappa shape index (κ2) is 9.58. The first-order chi connectivity index (χ1) is 13.3. The fourth-order valence-corrected chi connectivity index (χ4v) is 4.28. The number of halogens is 1. The molecule has 2 fully saturated rings. The van der Waals surface area contributed by atoms with Crippen LogP contribution in [0.2, 0.25) is 0 Å². The molecule has 0 amide bonds. The van der Waals surface area contributed by atoms with Crippen LogP contribution in [0.4, 0.5) is 0 Å². The molecule has 0 spiro atoms. The lowest BCUT2D eigenvalue weighted by Gasteiger charge is -2.44. The molecule has 1 aliphatic carbocycles. The van der Waals surface area contributed by atoms with Gasteiger partial charge in [0.05, 0.1) is 5.92 Å². The van der Waals surface area contributed by atoms with Crippen molar-refractivity contribution < 1.29 is 9.53 Å². The zero-order valence-electron chi connectivity index (χ0n) is 16.4. The summed E-state index contributed by atoms with van der Waals surface area (Å²) in [5.74, 6) is 0.0967. The predicted molar refractivity (Wildman–Crippen MR) is 115 cm³/mol. The van der Waals surface area contributed by atoms with Crippen molar-refractivity contribution in [3.63, 3.8) is 0 Å². The quantitative estimate of drug-likeness (QED) is 0.626. The molecule has 3 nitrogen and oxygen atoms in total. The maximum atomic E-state index is 12.4. The highest BCUT2D eigenvalue weighted by atomic mass is 35.5. The van der Waals surface area contributed by atoms with Crippen LogP contribution in [0.5, 0.6) is 0 Å². The van der Waals surface area contributed by atoms with E-state index in [9.17, 15) is 4.79 Å². The summed E-state index contributed by atoms with van der Waals surface area (Å²) in [6.07, 6.45) is 6.89. The molecule has 0 unspecified atom stereocenters. The predicted octanol–water partition coefficient (Wildman–Crippen LogP) is 5.18. The topological polar surface area (TPSA) is 29.5 Å². The van der Waals surface area contributed by atoms with Gasteiger partial charge in [0.25, 0.3) is 0 Å². The lowest BCUT2D eigenvalue weighted by Crippen LogP contribution is -2.51.